The highest BCUT2D eigenvalue weighted by Gasteiger charge is 2.47. The Balaban J connectivity index is 2.23. The van der Waals surface area contributed by atoms with Gasteiger partial charge in [0.1, 0.15) is 0 Å². The molecule has 2 aliphatic rings. The van der Waals surface area contributed by atoms with Crippen molar-refractivity contribution in [3.05, 3.63) is 57.2 Å². The molecule has 0 fully saturated rings. The first kappa shape index (κ1) is 18.3. The minimum absolute atomic E-state index is 0.0872. The first-order valence-corrected chi connectivity index (χ1v) is 9.30. The number of carbonyl (C=O) groups excluding carboxylic acids is 1. The Morgan fingerprint density at radius 1 is 1.28 bits per heavy atom. The number of rotatable bonds is 2. The fraction of sp³-hybridized carbons (Fsp3) is 0.450. The molecule has 1 amide bonds. The van der Waals surface area contributed by atoms with Gasteiger partial charge in [0.15, 0.2) is 0 Å². The third-order valence-corrected chi connectivity index (χ3v) is 6.34. The molecule has 1 aromatic carbocycles. The van der Waals surface area contributed by atoms with E-state index in [2.05, 4.69) is 25.3 Å². The SMILES string of the molecule is C=C(C)N1CCCC2=C(C(=O)N(C)C2(C)C)C1c1ccc(Cl)c(Cl)c1. The second kappa shape index (κ2) is 6.37. The van der Waals surface area contributed by atoms with Gasteiger partial charge < -0.3 is 9.80 Å². The van der Waals surface area contributed by atoms with Crippen molar-refractivity contribution < 1.29 is 4.79 Å². The number of hydrogen-bond acceptors (Lipinski definition) is 2. The standard InChI is InChI=1S/C20H24Cl2N2O/c1-12(2)24-10-6-7-14-17(19(25)23(5)20(14,3)4)18(24)13-8-9-15(21)16(22)11-13/h8-9,11,18H,1,6-7,10H2,2-5H3. The van der Waals surface area contributed by atoms with E-state index >= 15 is 0 Å². The van der Waals surface area contributed by atoms with Crippen LogP contribution >= 0.6 is 23.2 Å². The van der Waals surface area contributed by atoms with E-state index in [0.29, 0.717) is 10.0 Å². The minimum atomic E-state index is -0.272. The van der Waals surface area contributed by atoms with Crippen LogP contribution in [0.2, 0.25) is 10.0 Å². The lowest BCUT2D eigenvalue weighted by atomic mass is 9.87. The molecule has 0 aliphatic carbocycles. The molecule has 0 saturated heterocycles. The van der Waals surface area contributed by atoms with Crippen LogP contribution in [0.3, 0.4) is 0 Å². The Kier molecular flexibility index (Phi) is 4.67. The molecule has 134 valence electrons. The zero-order chi connectivity index (χ0) is 18.5. The number of allylic oxidation sites excluding steroid dienone is 1. The fourth-order valence-corrected chi connectivity index (χ4v) is 4.28. The Hall–Kier alpha value is -1.45. The van der Waals surface area contributed by atoms with Gasteiger partial charge in [-0.1, -0.05) is 35.8 Å². The number of likely N-dealkylation sites (N-methyl/N-ethyl adjacent to an activating group) is 1. The smallest absolute Gasteiger partial charge is 0.252 e. The van der Waals surface area contributed by atoms with E-state index in [1.165, 1.54) is 5.57 Å². The van der Waals surface area contributed by atoms with Gasteiger partial charge in [-0.05, 0) is 56.9 Å². The molecule has 0 radical (unpaired) electrons. The maximum atomic E-state index is 13.2. The van der Waals surface area contributed by atoms with Crippen molar-refractivity contribution in [1.82, 2.24) is 9.80 Å². The molecule has 0 N–H and O–H groups in total. The second-order valence-corrected chi connectivity index (χ2v) is 8.24. The average molecular weight is 379 g/mol. The Labute approximate surface area is 159 Å². The topological polar surface area (TPSA) is 23.6 Å². The van der Waals surface area contributed by atoms with Gasteiger partial charge in [-0.3, -0.25) is 4.79 Å². The molecule has 0 spiro atoms. The van der Waals surface area contributed by atoms with Crippen LogP contribution in [-0.4, -0.2) is 34.8 Å². The molecule has 1 unspecified atom stereocenters. The Morgan fingerprint density at radius 3 is 2.56 bits per heavy atom. The van der Waals surface area contributed by atoms with E-state index in [9.17, 15) is 4.79 Å². The summed E-state index contributed by atoms with van der Waals surface area (Å²) in [6, 6.07) is 5.46. The minimum Gasteiger partial charge on any atom is -0.364 e. The van der Waals surface area contributed by atoms with Crippen molar-refractivity contribution in [2.45, 2.75) is 45.2 Å². The molecule has 1 atom stereocenters. The fourth-order valence-electron chi connectivity index (χ4n) is 3.97. The Bertz CT molecular complexity index is 782. The third-order valence-electron chi connectivity index (χ3n) is 5.60. The van der Waals surface area contributed by atoms with Crippen LogP contribution in [0.5, 0.6) is 0 Å². The van der Waals surface area contributed by atoms with Crippen molar-refractivity contribution in [2.75, 3.05) is 13.6 Å². The molecule has 3 nitrogen and oxygen atoms in total. The molecule has 5 heteroatoms. The van der Waals surface area contributed by atoms with E-state index in [0.717, 1.165) is 36.2 Å². The summed E-state index contributed by atoms with van der Waals surface area (Å²) in [5, 5.41) is 1.02. The number of halogens is 2. The lowest BCUT2D eigenvalue weighted by Gasteiger charge is -2.34. The number of amides is 1. The van der Waals surface area contributed by atoms with Gasteiger partial charge in [0, 0.05) is 24.9 Å². The van der Waals surface area contributed by atoms with E-state index in [1.807, 2.05) is 31.0 Å². The van der Waals surface area contributed by atoms with Crippen molar-refractivity contribution >= 4 is 29.1 Å². The quantitative estimate of drug-likeness (QED) is 0.704. The molecule has 1 aromatic rings. The summed E-state index contributed by atoms with van der Waals surface area (Å²) in [4.78, 5) is 17.2. The normalized spacial score (nSPS) is 23.0. The van der Waals surface area contributed by atoms with Crippen LogP contribution in [0.25, 0.3) is 0 Å². The highest BCUT2D eigenvalue weighted by molar-refractivity contribution is 6.42. The van der Waals surface area contributed by atoms with Gasteiger partial charge >= 0.3 is 0 Å². The molecule has 25 heavy (non-hydrogen) atoms. The summed E-state index contributed by atoms with van der Waals surface area (Å²) in [5.74, 6) is 0.0872. The monoisotopic (exact) mass is 378 g/mol. The summed E-state index contributed by atoms with van der Waals surface area (Å²) in [5.41, 5.74) is 3.74. The van der Waals surface area contributed by atoms with Gasteiger partial charge in [0.2, 0.25) is 0 Å². The van der Waals surface area contributed by atoms with Crippen LogP contribution in [0.1, 0.15) is 45.2 Å². The van der Waals surface area contributed by atoms with Crippen LogP contribution in [-0.2, 0) is 4.79 Å². The van der Waals surface area contributed by atoms with E-state index in [4.69, 9.17) is 23.2 Å². The number of carbonyl (C=O) groups is 1. The first-order chi connectivity index (χ1) is 11.7. The van der Waals surface area contributed by atoms with Gasteiger partial charge in [0.25, 0.3) is 5.91 Å². The summed E-state index contributed by atoms with van der Waals surface area (Å²) in [6.45, 7) is 11.2. The van der Waals surface area contributed by atoms with Crippen molar-refractivity contribution in [2.24, 2.45) is 0 Å². The van der Waals surface area contributed by atoms with E-state index in [1.54, 1.807) is 6.07 Å². The highest BCUT2D eigenvalue weighted by atomic mass is 35.5. The molecular formula is C20H24Cl2N2O. The van der Waals surface area contributed by atoms with Crippen molar-refractivity contribution in [1.29, 1.82) is 0 Å². The van der Waals surface area contributed by atoms with Crippen molar-refractivity contribution in [3.63, 3.8) is 0 Å². The zero-order valence-electron chi connectivity index (χ0n) is 15.2. The summed E-state index contributed by atoms with van der Waals surface area (Å²) >= 11 is 12.4. The predicted octanol–water partition coefficient (Wildman–Crippen LogP) is 5.21. The zero-order valence-corrected chi connectivity index (χ0v) is 16.7. The number of nitrogens with zero attached hydrogens (tertiary/aromatic N) is 2. The predicted molar refractivity (Wildman–Crippen MR) is 104 cm³/mol. The van der Waals surface area contributed by atoms with Crippen molar-refractivity contribution in [3.8, 4) is 0 Å². The molecule has 2 heterocycles. The van der Waals surface area contributed by atoms with Crippen LogP contribution in [0, 0.1) is 0 Å². The first-order valence-electron chi connectivity index (χ1n) is 8.55. The molecule has 0 saturated carbocycles. The van der Waals surface area contributed by atoms with Gasteiger partial charge in [-0.15, -0.1) is 0 Å². The summed E-state index contributed by atoms with van der Waals surface area (Å²) < 4.78 is 0. The average Bonchev–Trinajstić information content (AvgIpc) is 2.72. The molecule has 0 bridgehead atoms. The number of hydrogen-bond donors (Lipinski definition) is 0. The van der Waals surface area contributed by atoms with Gasteiger partial charge in [-0.2, -0.15) is 0 Å². The van der Waals surface area contributed by atoms with Crippen LogP contribution in [0.15, 0.2) is 41.6 Å². The maximum absolute atomic E-state index is 13.2. The lowest BCUT2D eigenvalue weighted by molar-refractivity contribution is -0.127. The van der Waals surface area contributed by atoms with E-state index < -0.39 is 0 Å². The molecule has 0 aromatic heterocycles. The molecule has 2 aliphatic heterocycles. The third kappa shape index (κ3) is 2.88. The van der Waals surface area contributed by atoms with Gasteiger partial charge in [0.05, 0.1) is 21.6 Å². The lowest BCUT2D eigenvalue weighted by Crippen LogP contribution is -2.41. The van der Waals surface area contributed by atoms with Crippen LogP contribution < -0.4 is 0 Å². The largest absolute Gasteiger partial charge is 0.364 e. The molecule has 3 rings (SSSR count). The summed E-state index contributed by atoms with van der Waals surface area (Å²) in [6.07, 6.45) is 1.91. The second-order valence-electron chi connectivity index (χ2n) is 7.42. The van der Waals surface area contributed by atoms with Crippen LogP contribution in [0.4, 0.5) is 0 Å². The van der Waals surface area contributed by atoms with Gasteiger partial charge in [-0.25, -0.2) is 0 Å². The number of benzene rings is 1. The summed E-state index contributed by atoms with van der Waals surface area (Å²) in [7, 11) is 1.88. The highest BCUT2D eigenvalue weighted by Crippen LogP contribution is 2.47. The maximum Gasteiger partial charge on any atom is 0.252 e. The Morgan fingerprint density at radius 2 is 1.96 bits per heavy atom. The molecular weight excluding hydrogens is 355 g/mol. The van der Waals surface area contributed by atoms with E-state index in [-0.39, 0.29) is 17.5 Å².